The number of ether oxygens (including phenoxy) is 1. The summed E-state index contributed by atoms with van der Waals surface area (Å²) in [5.74, 6) is 1.81. The van der Waals surface area contributed by atoms with Gasteiger partial charge in [-0.15, -0.1) is 0 Å². The number of amides is 1. The summed E-state index contributed by atoms with van der Waals surface area (Å²) in [5.41, 5.74) is 2.71. The maximum absolute atomic E-state index is 12.3. The average molecular weight is 433 g/mol. The normalized spacial score (nSPS) is 10.6. The van der Waals surface area contributed by atoms with Gasteiger partial charge in [0.05, 0.1) is 6.20 Å². The SMILES string of the molecule is O=C(CCc1ncc(-c2ccc(Cl)cc2)o1)Nc1ccc(OCc2ccccc2)cc1. The summed E-state index contributed by atoms with van der Waals surface area (Å²) in [6.45, 7) is 0.501. The Labute approximate surface area is 185 Å². The first-order chi connectivity index (χ1) is 15.2. The van der Waals surface area contributed by atoms with Gasteiger partial charge in [-0.3, -0.25) is 4.79 Å². The highest BCUT2D eigenvalue weighted by molar-refractivity contribution is 6.30. The molecule has 1 aromatic heterocycles. The lowest BCUT2D eigenvalue weighted by atomic mass is 10.2. The molecule has 0 aliphatic carbocycles. The van der Waals surface area contributed by atoms with Crippen LogP contribution in [0.1, 0.15) is 17.9 Å². The Balaban J connectivity index is 1.25. The Bertz CT molecular complexity index is 1120. The first kappa shape index (κ1) is 20.7. The zero-order chi connectivity index (χ0) is 21.5. The van der Waals surface area contributed by atoms with E-state index in [-0.39, 0.29) is 12.3 Å². The fourth-order valence-electron chi connectivity index (χ4n) is 2.99. The van der Waals surface area contributed by atoms with Gasteiger partial charge < -0.3 is 14.5 Å². The third-order valence-electron chi connectivity index (χ3n) is 4.63. The summed E-state index contributed by atoms with van der Waals surface area (Å²) in [5, 5.41) is 3.54. The molecule has 1 heterocycles. The molecule has 3 aromatic carbocycles. The molecule has 4 rings (SSSR count). The lowest BCUT2D eigenvalue weighted by Gasteiger charge is -2.08. The molecule has 156 valence electrons. The Morgan fingerprint density at radius 1 is 0.968 bits per heavy atom. The summed E-state index contributed by atoms with van der Waals surface area (Å²) in [7, 11) is 0. The van der Waals surface area contributed by atoms with Crippen molar-refractivity contribution in [2.24, 2.45) is 0 Å². The first-order valence-electron chi connectivity index (χ1n) is 9.93. The molecule has 0 aliphatic rings. The molecule has 0 spiro atoms. The van der Waals surface area contributed by atoms with Gasteiger partial charge in [0.15, 0.2) is 11.7 Å². The number of rotatable bonds is 8. The number of aryl methyl sites for hydroxylation is 1. The summed E-state index contributed by atoms with van der Waals surface area (Å²) in [6.07, 6.45) is 2.34. The van der Waals surface area contributed by atoms with E-state index in [1.54, 1.807) is 18.3 Å². The molecule has 6 heteroatoms. The van der Waals surface area contributed by atoms with Crippen molar-refractivity contribution in [2.75, 3.05) is 5.32 Å². The van der Waals surface area contributed by atoms with Gasteiger partial charge in [-0.05, 0) is 54.1 Å². The molecule has 0 bridgehead atoms. The van der Waals surface area contributed by atoms with Crippen LogP contribution in [0.5, 0.6) is 5.75 Å². The smallest absolute Gasteiger partial charge is 0.224 e. The van der Waals surface area contributed by atoms with Gasteiger partial charge >= 0.3 is 0 Å². The molecule has 0 radical (unpaired) electrons. The van der Waals surface area contributed by atoms with Crippen LogP contribution in [-0.4, -0.2) is 10.9 Å². The molecule has 5 nitrogen and oxygen atoms in total. The third kappa shape index (κ3) is 5.96. The van der Waals surface area contributed by atoms with Crippen molar-refractivity contribution in [1.29, 1.82) is 0 Å². The van der Waals surface area contributed by atoms with E-state index in [0.717, 1.165) is 16.9 Å². The third-order valence-corrected chi connectivity index (χ3v) is 4.89. The number of carbonyl (C=O) groups is 1. The van der Waals surface area contributed by atoms with Gasteiger partial charge in [0, 0.05) is 29.1 Å². The van der Waals surface area contributed by atoms with E-state index in [1.807, 2.05) is 66.7 Å². The topological polar surface area (TPSA) is 64.4 Å². The first-order valence-corrected chi connectivity index (χ1v) is 10.3. The molecular formula is C25H21ClN2O3. The maximum Gasteiger partial charge on any atom is 0.224 e. The lowest BCUT2D eigenvalue weighted by molar-refractivity contribution is -0.116. The number of aromatic nitrogens is 1. The highest BCUT2D eigenvalue weighted by Crippen LogP contribution is 2.23. The van der Waals surface area contributed by atoms with Crippen molar-refractivity contribution in [1.82, 2.24) is 4.98 Å². The second-order valence-corrected chi connectivity index (χ2v) is 7.41. The molecule has 1 N–H and O–H groups in total. The van der Waals surface area contributed by atoms with Crippen LogP contribution in [0.3, 0.4) is 0 Å². The van der Waals surface area contributed by atoms with Crippen LogP contribution in [0.25, 0.3) is 11.3 Å². The van der Waals surface area contributed by atoms with Gasteiger partial charge in [0.1, 0.15) is 12.4 Å². The number of benzene rings is 3. The number of halogens is 1. The molecular weight excluding hydrogens is 412 g/mol. The van der Waals surface area contributed by atoms with E-state index in [0.29, 0.717) is 35.4 Å². The summed E-state index contributed by atoms with van der Waals surface area (Å²) in [4.78, 5) is 16.5. The summed E-state index contributed by atoms with van der Waals surface area (Å²) < 4.78 is 11.5. The predicted molar refractivity (Wildman–Crippen MR) is 121 cm³/mol. The van der Waals surface area contributed by atoms with Gasteiger partial charge in [-0.1, -0.05) is 41.9 Å². The quantitative estimate of drug-likeness (QED) is 0.363. The van der Waals surface area contributed by atoms with Crippen LogP contribution in [0.15, 0.2) is 89.5 Å². The fourth-order valence-corrected chi connectivity index (χ4v) is 3.12. The fraction of sp³-hybridized carbons (Fsp3) is 0.120. The molecule has 0 aliphatic heterocycles. The van der Waals surface area contributed by atoms with Crippen LogP contribution in [0, 0.1) is 0 Å². The number of carbonyl (C=O) groups excluding carboxylic acids is 1. The number of hydrogen-bond acceptors (Lipinski definition) is 4. The number of nitrogens with zero attached hydrogens (tertiary/aromatic N) is 1. The van der Waals surface area contributed by atoms with Gasteiger partial charge in [-0.25, -0.2) is 4.98 Å². The number of anilines is 1. The highest BCUT2D eigenvalue weighted by Gasteiger charge is 2.09. The number of oxazole rings is 1. The van der Waals surface area contributed by atoms with E-state index in [9.17, 15) is 4.79 Å². The Morgan fingerprint density at radius 2 is 1.71 bits per heavy atom. The molecule has 0 atom stereocenters. The lowest BCUT2D eigenvalue weighted by Crippen LogP contribution is -2.12. The van der Waals surface area contributed by atoms with E-state index >= 15 is 0 Å². The molecule has 0 saturated carbocycles. The second kappa shape index (κ2) is 9.96. The molecule has 0 saturated heterocycles. The van der Waals surface area contributed by atoms with Crippen LogP contribution < -0.4 is 10.1 Å². The standard InChI is InChI=1S/C25H21ClN2O3/c26-20-8-6-19(7-9-20)23-16-27-25(31-23)15-14-24(29)28-21-10-12-22(13-11-21)30-17-18-4-2-1-3-5-18/h1-13,16H,14-15,17H2,(H,28,29). The molecule has 1 amide bonds. The van der Waals surface area contributed by atoms with Gasteiger partial charge in [-0.2, -0.15) is 0 Å². The van der Waals surface area contributed by atoms with E-state index in [2.05, 4.69) is 10.3 Å². The number of hydrogen-bond donors (Lipinski definition) is 1. The van der Waals surface area contributed by atoms with Crippen LogP contribution in [-0.2, 0) is 17.8 Å². The van der Waals surface area contributed by atoms with Crippen molar-refractivity contribution < 1.29 is 13.9 Å². The monoisotopic (exact) mass is 432 g/mol. The maximum atomic E-state index is 12.3. The molecule has 0 fully saturated rings. The van der Waals surface area contributed by atoms with Crippen LogP contribution in [0.2, 0.25) is 5.02 Å². The Kier molecular flexibility index (Phi) is 6.65. The minimum atomic E-state index is -0.107. The zero-order valence-electron chi connectivity index (χ0n) is 16.8. The van der Waals surface area contributed by atoms with Gasteiger partial charge in [0.2, 0.25) is 5.91 Å². The van der Waals surface area contributed by atoms with Crippen molar-refractivity contribution >= 4 is 23.2 Å². The summed E-state index contributed by atoms with van der Waals surface area (Å²) >= 11 is 5.91. The molecule has 0 unspecified atom stereocenters. The zero-order valence-corrected chi connectivity index (χ0v) is 17.5. The van der Waals surface area contributed by atoms with Crippen molar-refractivity contribution in [2.45, 2.75) is 19.4 Å². The summed E-state index contributed by atoms with van der Waals surface area (Å²) in [6, 6.07) is 24.6. The van der Waals surface area contributed by atoms with Crippen LogP contribution in [0.4, 0.5) is 5.69 Å². The highest BCUT2D eigenvalue weighted by atomic mass is 35.5. The minimum absolute atomic E-state index is 0.107. The molecule has 4 aromatic rings. The largest absolute Gasteiger partial charge is 0.489 e. The Morgan fingerprint density at radius 3 is 2.45 bits per heavy atom. The van der Waals surface area contributed by atoms with Crippen molar-refractivity contribution in [3.63, 3.8) is 0 Å². The average Bonchev–Trinajstić information content (AvgIpc) is 3.28. The van der Waals surface area contributed by atoms with E-state index < -0.39 is 0 Å². The molecule has 31 heavy (non-hydrogen) atoms. The predicted octanol–water partition coefficient (Wildman–Crippen LogP) is 6.15. The van der Waals surface area contributed by atoms with Crippen LogP contribution >= 0.6 is 11.6 Å². The number of nitrogens with one attached hydrogen (secondary N) is 1. The van der Waals surface area contributed by atoms with E-state index in [4.69, 9.17) is 20.8 Å². The Hall–Kier alpha value is -3.57. The van der Waals surface area contributed by atoms with Crippen molar-refractivity contribution in [3.05, 3.63) is 102 Å². The minimum Gasteiger partial charge on any atom is -0.489 e. The second-order valence-electron chi connectivity index (χ2n) is 6.97. The van der Waals surface area contributed by atoms with Gasteiger partial charge in [0.25, 0.3) is 0 Å². The van der Waals surface area contributed by atoms with E-state index in [1.165, 1.54) is 0 Å². The van der Waals surface area contributed by atoms with Crippen molar-refractivity contribution in [3.8, 4) is 17.1 Å².